The lowest BCUT2D eigenvalue weighted by molar-refractivity contribution is -0.145. The smallest absolute Gasteiger partial charge is 0.310 e. The van der Waals surface area contributed by atoms with Crippen LogP contribution in [-0.2, 0) is 14.3 Å². The molecule has 2 heterocycles. The number of hydrogen-bond donors (Lipinski definition) is 2. The molecule has 1 aromatic carbocycles. The van der Waals surface area contributed by atoms with E-state index in [1.54, 1.807) is 12.2 Å². The number of fused-ring (bicyclic) bond motifs is 2. The van der Waals surface area contributed by atoms with Gasteiger partial charge in [0.2, 0.25) is 5.91 Å². The second-order valence-corrected chi connectivity index (χ2v) is 5.63. The zero-order valence-electron chi connectivity index (χ0n) is 11.9. The summed E-state index contributed by atoms with van der Waals surface area (Å²) in [5, 5.41) is 12.1. The number of aliphatic carboxylic acids is 1. The Hall–Kier alpha value is -2.14. The van der Waals surface area contributed by atoms with E-state index < -0.39 is 30.0 Å². The minimum Gasteiger partial charge on any atom is -0.481 e. The van der Waals surface area contributed by atoms with Crippen LogP contribution < -0.4 is 5.32 Å². The quantitative estimate of drug-likeness (QED) is 0.833. The van der Waals surface area contributed by atoms with Gasteiger partial charge in [-0.3, -0.25) is 9.59 Å². The lowest BCUT2D eigenvalue weighted by Crippen LogP contribution is -2.39. The molecule has 0 aromatic heterocycles. The van der Waals surface area contributed by atoms with Crippen LogP contribution in [0.15, 0.2) is 30.4 Å². The molecule has 1 amide bonds. The van der Waals surface area contributed by atoms with Crippen LogP contribution in [0.4, 0.5) is 5.69 Å². The zero-order valence-corrected chi connectivity index (χ0v) is 11.9. The topological polar surface area (TPSA) is 75.6 Å². The van der Waals surface area contributed by atoms with Gasteiger partial charge in [0.05, 0.1) is 18.1 Å². The molecular weight excluding hydrogens is 270 g/mol. The summed E-state index contributed by atoms with van der Waals surface area (Å²) in [6, 6.07) is 5.63. The van der Waals surface area contributed by atoms with Crippen molar-refractivity contribution in [2.75, 3.05) is 5.32 Å². The van der Waals surface area contributed by atoms with Crippen molar-refractivity contribution in [3.63, 3.8) is 0 Å². The first-order valence-electron chi connectivity index (χ1n) is 6.92. The molecular formula is C16H17NO4. The van der Waals surface area contributed by atoms with Crippen LogP contribution in [0, 0.1) is 25.7 Å². The molecule has 2 aliphatic rings. The number of amides is 1. The Morgan fingerprint density at radius 2 is 1.76 bits per heavy atom. The highest BCUT2D eigenvalue weighted by atomic mass is 16.5. The number of benzene rings is 1. The number of carbonyl (C=O) groups excluding carboxylic acids is 1. The average Bonchev–Trinajstić information content (AvgIpc) is 3.03. The van der Waals surface area contributed by atoms with E-state index in [2.05, 4.69) is 5.32 Å². The highest BCUT2D eigenvalue weighted by Crippen LogP contribution is 2.39. The minimum absolute atomic E-state index is 0.303. The van der Waals surface area contributed by atoms with Crippen LogP contribution in [-0.4, -0.2) is 29.2 Å². The fourth-order valence-corrected chi connectivity index (χ4v) is 2.96. The summed E-state index contributed by atoms with van der Waals surface area (Å²) in [5.74, 6) is -2.79. The van der Waals surface area contributed by atoms with Gasteiger partial charge in [0, 0.05) is 5.69 Å². The Labute approximate surface area is 122 Å². The summed E-state index contributed by atoms with van der Waals surface area (Å²) >= 11 is 0. The Kier molecular flexibility index (Phi) is 3.29. The molecule has 2 bridgehead atoms. The SMILES string of the molecule is Cc1ccc(NC(=O)[C@H]2[C@@H](C(=O)O)[C@H]3C=C[C@H]2O3)cc1C. The molecule has 3 rings (SSSR count). The lowest BCUT2D eigenvalue weighted by Gasteiger charge is -2.21. The normalized spacial score (nSPS) is 29.6. The third-order valence-corrected chi connectivity index (χ3v) is 4.26. The first-order valence-corrected chi connectivity index (χ1v) is 6.92. The first kappa shape index (κ1) is 13.8. The molecule has 1 fully saturated rings. The largest absolute Gasteiger partial charge is 0.481 e. The summed E-state index contributed by atoms with van der Waals surface area (Å²) in [7, 11) is 0. The van der Waals surface area contributed by atoms with Crippen LogP contribution in [0.3, 0.4) is 0 Å². The van der Waals surface area contributed by atoms with Gasteiger partial charge in [-0.1, -0.05) is 18.2 Å². The molecule has 0 radical (unpaired) electrons. The van der Waals surface area contributed by atoms with Gasteiger partial charge in [0.15, 0.2) is 0 Å². The number of carboxylic acid groups (broad SMARTS) is 1. The Bertz CT molecular complexity index is 637. The van der Waals surface area contributed by atoms with Gasteiger partial charge in [0.1, 0.15) is 5.92 Å². The molecule has 0 spiro atoms. The van der Waals surface area contributed by atoms with Crippen molar-refractivity contribution in [3.05, 3.63) is 41.5 Å². The van der Waals surface area contributed by atoms with Crippen LogP contribution in [0.1, 0.15) is 11.1 Å². The highest BCUT2D eigenvalue weighted by molar-refractivity contribution is 5.96. The van der Waals surface area contributed by atoms with Gasteiger partial charge >= 0.3 is 5.97 Å². The third kappa shape index (κ3) is 2.34. The Balaban J connectivity index is 1.80. The van der Waals surface area contributed by atoms with Crippen molar-refractivity contribution in [3.8, 4) is 0 Å². The predicted octanol–water partition coefficient (Wildman–Crippen LogP) is 1.90. The maximum absolute atomic E-state index is 12.4. The van der Waals surface area contributed by atoms with E-state index in [-0.39, 0.29) is 5.91 Å². The van der Waals surface area contributed by atoms with E-state index in [9.17, 15) is 14.7 Å². The molecule has 5 nitrogen and oxygen atoms in total. The number of ether oxygens (including phenoxy) is 1. The van der Waals surface area contributed by atoms with Gasteiger partial charge in [0.25, 0.3) is 0 Å². The highest BCUT2D eigenvalue weighted by Gasteiger charge is 2.53. The third-order valence-electron chi connectivity index (χ3n) is 4.26. The van der Waals surface area contributed by atoms with Crippen LogP contribution in [0.2, 0.25) is 0 Å². The molecule has 0 saturated carbocycles. The summed E-state index contributed by atoms with van der Waals surface area (Å²) in [4.78, 5) is 23.8. The summed E-state index contributed by atoms with van der Waals surface area (Å²) < 4.78 is 5.51. The fourth-order valence-electron chi connectivity index (χ4n) is 2.96. The monoisotopic (exact) mass is 287 g/mol. The molecule has 21 heavy (non-hydrogen) atoms. The summed E-state index contributed by atoms with van der Waals surface area (Å²) in [6.45, 7) is 3.96. The maximum atomic E-state index is 12.4. The fraction of sp³-hybridized carbons (Fsp3) is 0.375. The minimum atomic E-state index is -0.993. The number of rotatable bonds is 3. The first-order chi connectivity index (χ1) is 9.97. The van der Waals surface area contributed by atoms with Gasteiger partial charge in [-0.05, 0) is 37.1 Å². The number of nitrogens with one attached hydrogen (secondary N) is 1. The predicted molar refractivity (Wildman–Crippen MR) is 77.0 cm³/mol. The van der Waals surface area contributed by atoms with Crippen LogP contribution in [0.25, 0.3) is 0 Å². The van der Waals surface area contributed by atoms with Gasteiger partial charge in [-0.25, -0.2) is 0 Å². The van der Waals surface area contributed by atoms with Gasteiger partial charge in [-0.2, -0.15) is 0 Å². The van der Waals surface area contributed by atoms with E-state index in [0.717, 1.165) is 11.1 Å². The second kappa shape index (κ2) is 5.00. The molecule has 4 atom stereocenters. The van der Waals surface area contributed by atoms with Crippen molar-refractivity contribution in [2.24, 2.45) is 11.8 Å². The molecule has 1 aromatic rings. The average molecular weight is 287 g/mol. The van der Waals surface area contributed by atoms with Crippen LogP contribution >= 0.6 is 0 Å². The number of hydrogen-bond acceptors (Lipinski definition) is 3. The number of anilines is 1. The molecule has 5 heteroatoms. The van der Waals surface area contributed by atoms with Gasteiger partial charge in [-0.15, -0.1) is 0 Å². The van der Waals surface area contributed by atoms with E-state index in [0.29, 0.717) is 5.69 Å². The number of carboxylic acids is 1. The number of carbonyl (C=O) groups is 2. The van der Waals surface area contributed by atoms with Crippen LogP contribution in [0.5, 0.6) is 0 Å². The summed E-state index contributed by atoms with van der Waals surface area (Å²) in [5.41, 5.74) is 2.90. The van der Waals surface area contributed by atoms with Gasteiger partial charge < -0.3 is 15.2 Å². The molecule has 0 aliphatic carbocycles. The molecule has 2 aliphatic heterocycles. The molecule has 110 valence electrons. The van der Waals surface area contributed by atoms with Crippen molar-refractivity contribution >= 4 is 17.6 Å². The van der Waals surface area contributed by atoms with E-state index in [4.69, 9.17) is 4.74 Å². The second-order valence-electron chi connectivity index (χ2n) is 5.63. The Morgan fingerprint density at radius 1 is 1.10 bits per heavy atom. The van der Waals surface area contributed by atoms with Crippen molar-refractivity contribution < 1.29 is 19.4 Å². The summed E-state index contributed by atoms with van der Waals surface area (Å²) in [6.07, 6.45) is 2.56. The van der Waals surface area contributed by atoms with Crippen molar-refractivity contribution in [2.45, 2.75) is 26.1 Å². The standard InChI is InChI=1S/C16H17NO4/c1-8-3-4-10(7-9(8)2)17-15(18)13-11-5-6-12(21-11)14(13)16(19)20/h3-7,11-14H,1-2H3,(H,17,18)(H,19,20)/t11-,12-,13-,14+/m1/s1. The zero-order chi connectivity index (χ0) is 15.1. The van der Waals surface area contributed by atoms with Crippen molar-refractivity contribution in [1.29, 1.82) is 0 Å². The molecule has 2 N–H and O–H groups in total. The van der Waals surface area contributed by atoms with E-state index in [1.807, 2.05) is 32.0 Å². The van der Waals surface area contributed by atoms with E-state index in [1.165, 1.54) is 0 Å². The number of aryl methyl sites for hydroxylation is 2. The lowest BCUT2D eigenvalue weighted by atomic mass is 9.82. The molecule has 1 saturated heterocycles. The van der Waals surface area contributed by atoms with Crippen molar-refractivity contribution in [1.82, 2.24) is 0 Å². The Morgan fingerprint density at radius 3 is 2.38 bits per heavy atom. The molecule has 0 unspecified atom stereocenters. The van der Waals surface area contributed by atoms with E-state index >= 15 is 0 Å². The maximum Gasteiger partial charge on any atom is 0.310 e.